The average molecular weight is 435 g/mol. The lowest BCUT2D eigenvalue weighted by molar-refractivity contribution is -0.384. The van der Waals surface area contributed by atoms with Gasteiger partial charge in [0.15, 0.2) is 0 Å². The summed E-state index contributed by atoms with van der Waals surface area (Å²) in [5.74, 6) is 0.304. The van der Waals surface area contributed by atoms with E-state index >= 15 is 0 Å². The molecule has 1 fully saturated rings. The van der Waals surface area contributed by atoms with E-state index in [-0.39, 0.29) is 23.3 Å². The number of likely N-dealkylation sites (tertiary alicyclic amines) is 1. The normalized spacial score (nSPS) is 14.9. The molecular formula is C23H25N5O4. The van der Waals surface area contributed by atoms with Crippen molar-refractivity contribution < 1.29 is 14.2 Å². The number of aromatic nitrogens is 2. The summed E-state index contributed by atoms with van der Waals surface area (Å²) in [6.45, 7) is 3.68. The molecule has 1 aromatic heterocycles. The fourth-order valence-electron chi connectivity index (χ4n) is 3.90. The van der Waals surface area contributed by atoms with Gasteiger partial charge in [-0.15, -0.1) is 0 Å². The topological polar surface area (TPSA) is 114 Å². The number of benzene rings is 2. The molecule has 3 aromatic rings. The molecule has 9 heteroatoms. The van der Waals surface area contributed by atoms with Crippen molar-refractivity contribution in [3.63, 3.8) is 0 Å². The predicted molar refractivity (Wildman–Crippen MR) is 118 cm³/mol. The lowest BCUT2D eigenvalue weighted by Gasteiger charge is -2.32. The average Bonchev–Trinajstić information content (AvgIpc) is 3.31. The minimum absolute atomic E-state index is 0.0304. The van der Waals surface area contributed by atoms with Crippen LogP contribution in [0.2, 0.25) is 0 Å². The first kappa shape index (κ1) is 21.6. The molecule has 1 aliphatic heterocycles. The summed E-state index contributed by atoms with van der Waals surface area (Å²) in [5.41, 5.74) is 1.83. The Labute approximate surface area is 185 Å². The third-order valence-electron chi connectivity index (χ3n) is 5.75. The molecule has 1 saturated heterocycles. The molecule has 0 atom stereocenters. The van der Waals surface area contributed by atoms with E-state index in [9.17, 15) is 14.9 Å². The molecule has 32 heavy (non-hydrogen) atoms. The fraction of sp³-hybridized carbons (Fsp3) is 0.348. The van der Waals surface area contributed by atoms with Gasteiger partial charge in [-0.05, 0) is 56.0 Å². The number of nitro benzene ring substituents is 1. The number of nitrogens with zero attached hydrogens (tertiary/aromatic N) is 4. The second-order valence-electron chi connectivity index (χ2n) is 7.98. The quantitative estimate of drug-likeness (QED) is 0.424. The number of hydrogen-bond donors (Lipinski definition) is 1. The standard InChI is InChI=1S/C23H25N5O4/c29-22(21-25-23(32-26-21)19-6-8-20(9-7-19)28(30)31)24-13-10-17-11-14-27(15-12-17)16-18-4-2-1-3-5-18/h1-9,17H,10-16H2,(H,24,29). The van der Waals surface area contributed by atoms with Crippen LogP contribution in [0.15, 0.2) is 59.1 Å². The minimum Gasteiger partial charge on any atom is -0.349 e. The summed E-state index contributed by atoms with van der Waals surface area (Å²) in [6.07, 6.45) is 3.16. The summed E-state index contributed by atoms with van der Waals surface area (Å²) in [5, 5.41) is 17.3. The molecule has 2 heterocycles. The zero-order valence-corrected chi connectivity index (χ0v) is 17.6. The first-order valence-electron chi connectivity index (χ1n) is 10.7. The third-order valence-corrected chi connectivity index (χ3v) is 5.75. The van der Waals surface area contributed by atoms with Crippen LogP contribution in [0.5, 0.6) is 0 Å². The molecule has 1 amide bonds. The van der Waals surface area contributed by atoms with Crippen LogP contribution in [0.1, 0.15) is 35.4 Å². The van der Waals surface area contributed by atoms with E-state index < -0.39 is 4.92 Å². The summed E-state index contributed by atoms with van der Waals surface area (Å²) >= 11 is 0. The molecule has 2 aromatic carbocycles. The van der Waals surface area contributed by atoms with Crippen LogP contribution < -0.4 is 5.32 Å². The molecule has 0 bridgehead atoms. The third kappa shape index (κ3) is 5.55. The molecule has 0 aliphatic carbocycles. The molecule has 1 N–H and O–H groups in total. The highest BCUT2D eigenvalue weighted by molar-refractivity contribution is 5.90. The van der Waals surface area contributed by atoms with Gasteiger partial charge in [-0.3, -0.25) is 19.8 Å². The van der Waals surface area contributed by atoms with E-state index in [1.807, 2.05) is 6.07 Å². The smallest absolute Gasteiger partial charge is 0.292 e. The molecule has 166 valence electrons. The number of amides is 1. The molecule has 0 saturated carbocycles. The highest BCUT2D eigenvalue weighted by Gasteiger charge is 2.20. The highest BCUT2D eigenvalue weighted by atomic mass is 16.6. The van der Waals surface area contributed by atoms with Crippen LogP contribution in [0.25, 0.3) is 11.5 Å². The number of hydrogen-bond acceptors (Lipinski definition) is 7. The van der Waals surface area contributed by atoms with Gasteiger partial charge in [0, 0.05) is 30.8 Å². The fourth-order valence-corrected chi connectivity index (χ4v) is 3.90. The number of carbonyl (C=O) groups excluding carboxylic acids is 1. The Balaban J connectivity index is 1.20. The van der Waals surface area contributed by atoms with E-state index in [0.717, 1.165) is 38.9 Å². The van der Waals surface area contributed by atoms with E-state index in [1.165, 1.54) is 29.8 Å². The van der Waals surface area contributed by atoms with Gasteiger partial charge in [-0.25, -0.2) is 0 Å². The molecule has 0 unspecified atom stereocenters. The Kier molecular flexibility index (Phi) is 6.86. The monoisotopic (exact) mass is 435 g/mol. The molecular weight excluding hydrogens is 410 g/mol. The van der Waals surface area contributed by atoms with E-state index in [2.05, 4.69) is 44.6 Å². The molecule has 9 nitrogen and oxygen atoms in total. The predicted octanol–water partition coefficient (Wildman–Crippen LogP) is 3.68. The zero-order valence-electron chi connectivity index (χ0n) is 17.6. The largest absolute Gasteiger partial charge is 0.349 e. The van der Waals surface area contributed by atoms with Gasteiger partial charge in [-0.2, -0.15) is 4.98 Å². The first-order chi connectivity index (χ1) is 15.6. The van der Waals surface area contributed by atoms with Crippen molar-refractivity contribution in [3.05, 3.63) is 76.1 Å². The van der Waals surface area contributed by atoms with E-state index in [1.54, 1.807) is 0 Å². The van der Waals surface area contributed by atoms with Crippen molar-refractivity contribution in [1.82, 2.24) is 20.4 Å². The molecule has 4 rings (SSSR count). The van der Waals surface area contributed by atoms with Gasteiger partial charge in [0.2, 0.25) is 0 Å². The van der Waals surface area contributed by atoms with Crippen molar-refractivity contribution in [2.75, 3.05) is 19.6 Å². The van der Waals surface area contributed by atoms with Gasteiger partial charge in [0.05, 0.1) is 4.92 Å². The summed E-state index contributed by atoms with van der Waals surface area (Å²) < 4.78 is 5.13. The SMILES string of the molecule is O=C(NCCC1CCN(Cc2ccccc2)CC1)c1noc(-c2ccc([N+](=O)[O-])cc2)n1. The lowest BCUT2D eigenvalue weighted by Crippen LogP contribution is -2.35. The number of nitrogens with one attached hydrogen (secondary N) is 1. The molecule has 1 aliphatic rings. The Hall–Kier alpha value is -3.59. The lowest BCUT2D eigenvalue weighted by atomic mass is 9.93. The van der Waals surface area contributed by atoms with Crippen LogP contribution in [0, 0.1) is 16.0 Å². The summed E-state index contributed by atoms with van der Waals surface area (Å²) in [6, 6.07) is 16.2. The van der Waals surface area contributed by atoms with Crippen LogP contribution >= 0.6 is 0 Å². The number of piperidine rings is 1. The van der Waals surface area contributed by atoms with Crippen molar-refractivity contribution in [2.24, 2.45) is 5.92 Å². The Morgan fingerprint density at radius 2 is 1.84 bits per heavy atom. The summed E-state index contributed by atoms with van der Waals surface area (Å²) in [4.78, 5) is 29.2. The Morgan fingerprint density at radius 1 is 1.12 bits per heavy atom. The van der Waals surface area contributed by atoms with E-state index in [4.69, 9.17) is 4.52 Å². The van der Waals surface area contributed by atoms with Crippen LogP contribution in [-0.2, 0) is 6.54 Å². The highest BCUT2D eigenvalue weighted by Crippen LogP contribution is 2.22. The van der Waals surface area contributed by atoms with Crippen molar-refractivity contribution >= 4 is 11.6 Å². The molecule has 0 radical (unpaired) electrons. The van der Waals surface area contributed by atoms with Gasteiger partial charge in [0.1, 0.15) is 0 Å². The maximum Gasteiger partial charge on any atom is 0.292 e. The van der Waals surface area contributed by atoms with Gasteiger partial charge < -0.3 is 9.84 Å². The second-order valence-corrected chi connectivity index (χ2v) is 7.98. The summed E-state index contributed by atoms with van der Waals surface area (Å²) in [7, 11) is 0. The van der Waals surface area contributed by atoms with Crippen LogP contribution in [0.3, 0.4) is 0 Å². The first-order valence-corrected chi connectivity index (χ1v) is 10.7. The molecule has 0 spiro atoms. The van der Waals surface area contributed by atoms with Crippen molar-refractivity contribution in [3.8, 4) is 11.5 Å². The maximum atomic E-state index is 12.3. The van der Waals surface area contributed by atoms with Gasteiger partial charge in [-0.1, -0.05) is 35.5 Å². The van der Waals surface area contributed by atoms with Gasteiger partial charge >= 0.3 is 0 Å². The van der Waals surface area contributed by atoms with Crippen molar-refractivity contribution in [2.45, 2.75) is 25.8 Å². The van der Waals surface area contributed by atoms with Crippen LogP contribution in [0.4, 0.5) is 5.69 Å². The number of nitro groups is 1. The Morgan fingerprint density at radius 3 is 2.53 bits per heavy atom. The van der Waals surface area contributed by atoms with E-state index in [0.29, 0.717) is 18.0 Å². The van der Waals surface area contributed by atoms with Gasteiger partial charge in [0.25, 0.3) is 23.3 Å². The van der Waals surface area contributed by atoms with Crippen molar-refractivity contribution in [1.29, 1.82) is 0 Å². The maximum absolute atomic E-state index is 12.3. The van der Waals surface area contributed by atoms with Crippen LogP contribution in [-0.4, -0.2) is 45.5 Å². The Bertz CT molecular complexity index is 1040. The number of carbonyl (C=O) groups is 1. The number of rotatable bonds is 8. The second kappa shape index (κ2) is 10.1. The zero-order chi connectivity index (χ0) is 22.3. The minimum atomic E-state index is -0.483. The number of non-ortho nitro benzene ring substituents is 1.